The number of H-pyrrole nitrogens is 1. The summed E-state index contributed by atoms with van der Waals surface area (Å²) in [7, 11) is 0. The molecule has 0 saturated heterocycles. The summed E-state index contributed by atoms with van der Waals surface area (Å²) in [5, 5.41) is 11.6. The maximum Gasteiger partial charge on any atom is 0.338 e. The summed E-state index contributed by atoms with van der Waals surface area (Å²) in [4.78, 5) is 34.2. The number of carbonyl (C=O) groups is 1. The molecule has 1 aromatic carbocycles. The molecule has 1 N–H and O–H groups in total. The minimum absolute atomic E-state index is 0.115. The van der Waals surface area contributed by atoms with Crippen LogP contribution < -0.4 is 5.56 Å². The molecule has 0 aliphatic heterocycles. The van der Waals surface area contributed by atoms with Crippen molar-refractivity contribution in [3.63, 3.8) is 0 Å². The third-order valence-electron chi connectivity index (χ3n) is 5.22. The fraction of sp³-hybridized carbons (Fsp3) is 0.333. The average Bonchev–Trinajstić information content (AvgIpc) is 3.41. The molecular formula is C21H22N6O3S. The number of fused-ring (bicyclic) bond motifs is 1. The van der Waals surface area contributed by atoms with Crippen LogP contribution in [0.15, 0.2) is 35.4 Å². The van der Waals surface area contributed by atoms with Crippen molar-refractivity contribution < 1.29 is 9.53 Å². The predicted octanol–water partition coefficient (Wildman–Crippen LogP) is 3.21. The van der Waals surface area contributed by atoms with Crippen molar-refractivity contribution in [1.82, 2.24) is 30.2 Å². The van der Waals surface area contributed by atoms with E-state index in [2.05, 4.69) is 39.3 Å². The molecule has 0 fully saturated rings. The summed E-state index contributed by atoms with van der Waals surface area (Å²) >= 11 is 1.50. The number of esters is 1. The number of rotatable bonds is 7. The molecule has 0 radical (unpaired) electrons. The number of nitrogens with zero attached hydrogens (tertiary/aromatic N) is 5. The normalized spacial score (nSPS) is 12.2. The first-order valence-electron chi connectivity index (χ1n) is 9.98. The molecule has 0 saturated carbocycles. The van der Waals surface area contributed by atoms with Gasteiger partial charge in [-0.25, -0.2) is 14.5 Å². The van der Waals surface area contributed by atoms with Crippen molar-refractivity contribution >= 4 is 27.5 Å². The van der Waals surface area contributed by atoms with E-state index in [1.54, 1.807) is 24.3 Å². The Morgan fingerprint density at radius 2 is 2.06 bits per heavy atom. The lowest BCUT2D eigenvalue weighted by Crippen LogP contribution is -2.15. The van der Waals surface area contributed by atoms with Crippen LogP contribution >= 0.6 is 11.3 Å². The van der Waals surface area contributed by atoms with Crippen LogP contribution in [0.1, 0.15) is 46.9 Å². The first kappa shape index (κ1) is 20.9. The van der Waals surface area contributed by atoms with Crippen molar-refractivity contribution in [3.8, 4) is 5.69 Å². The van der Waals surface area contributed by atoms with Gasteiger partial charge in [-0.3, -0.25) is 4.79 Å². The zero-order valence-corrected chi connectivity index (χ0v) is 18.3. The lowest BCUT2D eigenvalue weighted by atomic mass is 9.98. The summed E-state index contributed by atoms with van der Waals surface area (Å²) in [6, 6.07) is 6.68. The van der Waals surface area contributed by atoms with Crippen LogP contribution in [0.3, 0.4) is 0 Å². The highest BCUT2D eigenvalue weighted by Crippen LogP contribution is 2.29. The van der Waals surface area contributed by atoms with Crippen LogP contribution in [0.5, 0.6) is 0 Å². The average molecular weight is 439 g/mol. The van der Waals surface area contributed by atoms with E-state index in [4.69, 9.17) is 4.74 Å². The Hall–Kier alpha value is -3.40. The fourth-order valence-electron chi connectivity index (χ4n) is 3.27. The number of hydrogen-bond acceptors (Lipinski definition) is 8. The van der Waals surface area contributed by atoms with Crippen LogP contribution in [0.4, 0.5) is 0 Å². The van der Waals surface area contributed by atoms with Crippen molar-refractivity contribution in [2.45, 2.75) is 40.2 Å². The molecule has 3 aromatic heterocycles. The van der Waals surface area contributed by atoms with Gasteiger partial charge in [-0.1, -0.05) is 20.3 Å². The number of nitrogens with one attached hydrogen (secondary N) is 1. The summed E-state index contributed by atoms with van der Waals surface area (Å²) < 4.78 is 6.84. The molecule has 4 aromatic rings. The van der Waals surface area contributed by atoms with Crippen LogP contribution in [0.2, 0.25) is 0 Å². The Bertz CT molecular complexity index is 1260. The third-order valence-corrected chi connectivity index (χ3v) is 6.26. The Labute approximate surface area is 182 Å². The first-order valence-corrected chi connectivity index (χ1v) is 10.8. The number of tetrazole rings is 1. The number of thiophene rings is 1. The van der Waals surface area contributed by atoms with E-state index in [0.29, 0.717) is 27.5 Å². The highest BCUT2D eigenvalue weighted by atomic mass is 32.1. The Morgan fingerprint density at radius 3 is 2.74 bits per heavy atom. The molecule has 1 unspecified atom stereocenters. The van der Waals surface area contributed by atoms with E-state index < -0.39 is 5.97 Å². The maximum absolute atomic E-state index is 12.7. The quantitative estimate of drug-likeness (QED) is 0.440. The number of aromatic amines is 1. The van der Waals surface area contributed by atoms with Gasteiger partial charge in [-0.05, 0) is 59.5 Å². The molecule has 10 heteroatoms. The van der Waals surface area contributed by atoms with Gasteiger partial charge in [0.15, 0.2) is 0 Å². The Morgan fingerprint density at radius 1 is 1.29 bits per heavy atom. The molecule has 4 rings (SSSR count). The molecule has 0 aliphatic carbocycles. The number of aromatic nitrogens is 6. The monoisotopic (exact) mass is 438 g/mol. The molecule has 31 heavy (non-hydrogen) atoms. The molecule has 9 nitrogen and oxygen atoms in total. The molecule has 0 bridgehead atoms. The standard InChI is InChI=1S/C21H22N6O3S/c1-4-12(2)9-16-13(3)31-20-18(16)19(28)23-17(24-20)10-30-21(29)14-5-7-15(8-6-14)27-11-22-25-26-27/h5-8,11-12H,4,9-10H2,1-3H3,(H,23,24,28). The van der Waals surface area contributed by atoms with Crippen molar-refractivity contribution in [2.75, 3.05) is 0 Å². The van der Waals surface area contributed by atoms with Gasteiger partial charge in [-0.2, -0.15) is 0 Å². The van der Waals surface area contributed by atoms with E-state index in [1.165, 1.54) is 22.3 Å². The van der Waals surface area contributed by atoms with Crippen LogP contribution in [-0.4, -0.2) is 36.1 Å². The molecular weight excluding hydrogens is 416 g/mol. The summed E-state index contributed by atoms with van der Waals surface area (Å²) in [5.74, 6) is 0.307. The smallest absolute Gasteiger partial charge is 0.338 e. The number of carbonyl (C=O) groups excluding carboxylic acids is 1. The van der Waals surface area contributed by atoms with Crippen molar-refractivity contribution in [3.05, 3.63) is 62.8 Å². The summed E-state index contributed by atoms with van der Waals surface area (Å²) in [5.41, 5.74) is 1.97. The second-order valence-electron chi connectivity index (χ2n) is 7.42. The van der Waals surface area contributed by atoms with Crippen molar-refractivity contribution in [2.24, 2.45) is 5.92 Å². The molecule has 160 valence electrons. The van der Waals surface area contributed by atoms with Gasteiger partial charge in [0, 0.05) is 4.88 Å². The number of benzene rings is 1. The maximum atomic E-state index is 12.7. The molecule has 1 atom stereocenters. The first-order chi connectivity index (χ1) is 15.0. The molecule has 0 amide bonds. The SMILES string of the molecule is CCC(C)Cc1c(C)sc2nc(COC(=O)c3ccc(-n4cnnn4)cc3)[nH]c(=O)c12. The predicted molar refractivity (Wildman–Crippen MR) is 116 cm³/mol. The second-order valence-corrected chi connectivity index (χ2v) is 8.63. The minimum Gasteiger partial charge on any atom is -0.454 e. The van der Waals surface area contributed by atoms with Crippen LogP contribution in [0, 0.1) is 12.8 Å². The highest BCUT2D eigenvalue weighted by molar-refractivity contribution is 7.18. The molecule has 0 aliphatic rings. The van der Waals surface area contributed by atoms with Gasteiger partial charge in [0.25, 0.3) is 5.56 Å². The van der Waals surface area contributed by atoms with E-state index in [-0.39, 0.29) is 12.2 Å². The van der Waals surface area contributed by atoms with Gasteiger partial charge in [0.1, 0.15) is 23.6 Å². The fourth-order valence-corrected chi connectivity index (χ4v) is 4.35. The summed E-state index contributed by atoms with van der Waals surface area (Å²) in [6.07, 6.45) is 3.36. The van der Waals surface area contributed by atoms with E-state index >= 15 is 0 Å². The zero-order valence-electron chi connectivity index (χ0n) is 17.5. The highest BCUT2D eigenvalue weighted by Gasteiger charge is 2.17. The van der Waals surface area contributed by atoms with Crippen LogP contribution in [0.25, 0.3) is 15.9 Å². The number of aryl methyl sites for hydroxylation is 1. The number of hydrogen-bond donors (Lipinski definition) is 1. The zero-order chi connectivity index (χ0) is 22.0. The number of ether oxygens (including phenoxy) is 1. The Balaban J connectivity index is 1.49. The Kier molecular flexibility index (Phi) is 5.90. The van der Waals surface area contributed by atoms with Gasteiger partial charge in [0.2, 0.25) is 0 Å². The summed E-state index contributed by atoms with van der Waals surface area (Å²) in [6.45, 7) is 6.22. The van der Waals surface area contributed by atoms with E-state index in [0.717, 1.165) is 29.0 Å². The van der Waals surface area contributed by atoms with Gasteiger partial charge in [0.05, 0.1) is 16.6 Å². The van der Waals surface area contributed by atoms with Gasteiger partial charge < -0.3 is 9.72 Å². The van der Waals surface area contributed by atoms with E-state index in [1.807, 2.05) is 6.92 Å². The topological polar surface area (TPSA) is 116 Å². The lowest BCUT2D eigenvalue weighted by molar-refractivity contribution is 0.0462. The second kappa shape index (κ2) is 8.76. The van der Waals surface area contributed by atoms with Gasteiger partial charge in [-0.15, -0.1) is 16.4 Å². The van der Waals surface area contributed by atoms with Gasteiger partial charge >= 0.3 is 5.97 Å². The lowest BCUT2D eigenvalue weighted by Gasteiger charge is -2.08. The van der Waals surface area contributed by atoms with Crippen LogP contribution in [-0.2, 0) is 17.8 Å². The van der Waals surface area contributed by atoms with Crippen molar-refractivity contribution in [1.29, 1.82) is 0 Å². The molecule has 3 heterocycles. The van der Waals surface area contributed by atoms with E-state index in [9.17, 15) is 9.59 Å². The minimum atomic E-state index is -0.508. The third kappa shape index (κ3) is 4.38. The largest absolute Gasteiger partial charge is 0.454 e. The molecule has 0 spiro atoms.